The van der Waals surface area contributed by atoms with Gasteiger partial charge in [0.2, 0.25) is 5.12 Å². The molecule has 0 fully saturated rings. The molecule has 3 rings (SSSR count). The van der Waals surface area contributed by atoms with Crippen molar-refractivity contribution in [3.63, 3.8) is 0 Å². The van der Waals surface area contributed by atoms with E-state index >= 15 is 0 Å². The van der Waals surface area contributed by atoms with Crippen LogP contribution >= 0.6 is 11.8 Å². The summed E-state index contributed by atoms with van der Waals surface area (Å²) in [6, 6.07) is 26.6. The van der Waals surface area contributed by atoms with E-state index in [1.54, 1.807) is 12.1 Å². The molecule has 4 heteroatoms. The van der Waals surface area contributed by atoms with Crippen molar-refractivity contribution >= 4 is 16.9 Å². The number of thioether (sulfide) groups is 1. The molecule has 0 amide bonds. The molecule has 26 heavy (non-hydrogen) atoms. The topological polar surface area (TPSA) is 50.1 Å². The highest BCUT2D eigenvalue weighted by molar-refractivity contribution is 8.14. The number of carbonyl (C=O) groups is 1. The van der Waals surface area contributed by atoms with Crippen LogP contribution in [0.15, 0.2) is 78.9 Å². The molecule has 0 N–H and O–H groups in total. The molecule has 0 spiro atoms. The molecule has 0 bridgehead atoms. The van der Waals surface area contributed by atoms with Gasteiger partial charge in [-0.2, -0.15) is 5.26 Å². The fourth-order valence-corrected chi connectivity index (χ4v) is 3.09. The van der Waals surface area contributed by atoms with Gasteiger partial charge in [0, 0.05) is 11.3 Å². The number of nitriles is 1. The zero-order valence-electron chi connectivity index (χ0n) is 14.1. The van der Waals surface area contributed by atoms with Crippen molar-refractivity contribution in [3.8, 4) is 22.9 Å². The third-order valence-electron chi connectivity index (χ3n) is 3.80. The van der Waals surface area contributed by atoms with Gasteiger partial charge >= 0.3 is 0 Å². The van der Waals surface area contributed by atoms with Gasteiger partial charge in [0.1, 0.15) is 5.75 Å². The summed E-state index contributed by atoms with van der Waals surface area (Å²) in [5, 5.41) is 8.91. The van der Waals surface area contributed by atoms with Gasteiger partial charge in [0.15, 0.2) is 0 Å². The molecule has 0 aliphatic carbocycles. The van der Waals surface area contributed by atoms with E-state index in [2.05, 4.69) is 6.07 Å². The Morgan fingerprint density at radius 3 is 2.12 bits per heavy atom. The first-order valence-electron chi connectivity index (χ1n) is 8.22. The van der Waals surface area contributed by atoms with Crippen LogP contribution in [0.3, 0.4) is 0 Å². The third kappa shape index (κ3) is 4.75. The zero-order chi connectivity index (χ0) is 18.2. The quantitative estimate of drug-likeness (QED) is 0.569. The Labute approximate surface area is 157 Å². The van der Waals surface area contributed by atoms with Crippen molar-refractivity contribution in [2.45, 2.75) is 0 Å². The Kier molecular flexibility index (Phi) is 6.08. The van der Waals surface area contributed by atoms with Crippen molar-refractivity contribution in [1.29, 1.82) is 5.26 Å². The Hall–Kier alpha value is -3.03. The monoisotopic (exact) mass is 359 g/mol. The van der Waals surface area contributed by atoms with Crippen molar-refractivity contribution in [2.75, 3.05) is 12.4 Å². The lowest BCUT2D eigenvalue weighted by atomic mass is 10.0. The minimum Gasteiger partial charge on any atom is -0.493 e. The van der Waals surface area contributed by atoms with E-state index in [0.717, 1.165) is 16.9 Å². The molecular formula is C22H17NO2S. The average Bonchev–Trinajstić information content (AvgIpc) is 2.72. The van der Waals surface area contributed by atoms with Gasteiger partial charge in [-0.25, -0.2) is 0 Å². The molecule has 0 atom stereocenters. The van der Waals surface area contributed by atoms with Crippen LogP contribution < -0.4 is 4.74 Å². The van der Waals surface area contributed by atoms with Crippen molar-refractivity contribution in [3.05, 3.63) is 90.0 Å². The van der Waals surface area contributed by atoms with Crippen LogP contribution in [0.5, 0.6) is 5.75 Å². The second kappa shape index (κ2) is 8.89. The minimum absolute atomic E-state index is 0.0605. The van der Waals surface area contributed by atoms with Crippen LogP contribution in [0.1, 0.15) is 15.9 Å². The molecule has 0 aromatic heterocycles. The van der Waals surface area contributed by atoms with Gasteiger partial charge in [0.05, 0.1) is 18.2 Å². The smallest absolute Gasteiger partial charge is 0.219 e. The van der Waals surface area contributed by atoms with Crippen LogP contribution in [0.2, 0.25) is 0 Å². The highest BCUT2D eigenvalue weighted by Gasteiger charge is 2.05. The molecule has 0 aliphatic rings. The predicted molar refractivity (Wildman–Crippen MR) is 105 cm³/mol. The molecule has 0 saturated carbocycles. The van der Waals surface area contributed by atoms with Gasteiger partial charge in [-0.15, -0.1) is 0 Å². The van der Waals surface area contributed by atoms with Crippen molar-refractivity contribution in [1.82, 2.24) is 0 Å². The standard InChI is InChI=1S/C22H17NO2S/c23-16-17-6-8-18(9-7-17)19-10-12-21(13-11-19)25-14-15-26-22(24)20-4-2-1-3-5-20/h1-13H,14-15H2. The molecule has 3 aromatic carbocycles. The van der Waals surface area contributed by atoms with Gasteiger partial charge in [0.25, 0.3) is 0 Å². The van der Waals surface area contributed by atoms with E-state index in [0.29, 0.717) is 23.5 Å². The summed E-state index contributed by atoms with van der Waals surface area (Å²) in [6.07, 6.45) is 0. The van der Waals surface area contributed by atoms with Gasteiger partial charge in [-0.05, 0) is 35.4 Å². The summed E-state index contributed by atoms with van der Waals surface area (Å²) < 4.78 is 5.70. The van der Waals surface area contributed by atoms with Crippen LogP contribution in [-0.4, -0.2) is 17.5 Å². The zero-order valence-corrected chi connectivity index (χ0v) is 14.9. The van der Waals surface area contributed by atoms with Gasteiger partial charge in [-0.3, -0.25) is 4.79 Å². The Morgan fingerprint density at radius 2 is 1.50 bits per heavy atom. The summed E-state index contributed by atoms with van der Waals surface area (Å²) in [6.45, 7) is 0.472. The highest BCUT2D eigenvalue weighted by atomic mass is 32.2. The van der Waals surface area contributed by atoms with Crippen LogP contribution in [0, 0.1) is 11.3 Å². The number of carbonyl (C=O) groups excluding carboxylic acids is 1. The first kappa shape index (κ1) is 17.8. The Bertz CT molecular complexity index is 898. The van der Waals surface area contributed by atoms with E-state index in [4.69, 9.17) is 10.00 Å². The molecule has 0 unspecified atom stereocenters. The fraction of sp³-hybridized carbons (Fsp3) is 0.0909. The lowest BCUT2D eigenvalue weighted by Crippen LogP contribution is -2.03. The summed E-state index contributed by atoms with van der Waals surface area (Å²) in [5.74, 6) is 1.38. The molecule has 0 saturated heterocycles. The minimum atomic E-state index is 0.0605. The lowest BCUT2D eigenvalue weighted by Gasteiger charge is -2.07. The van der Waals surface area contributed by atoms with Crippen LogP contribution in [-0.2, 0) is 0 Å². The summed E-state index contributed by atoms with van der Waals surface area (Å²) in [7, 11) is 0. The Balaban J connectivity index is 1.48. The molecule has 0 radical (unpaired) electrons. The number of rotatable bonds is 6. The summed E-state index contributed by atoms with van der Waals surface area (Å²) in [5.41, 5.74) is 3.48. The van der Waals surface area contributed by atoms with E-state index in [-0.39, 0.29) is 5.12 Å². The van der Waals surface area contributed by atoms with E-state index in [1.165, 1.54) is 11.8 Å². The number of nitrogens with zero attached hydrogens (tertiary/aromatic N) is 1. The van der Waals surface area contributed by atoms with Crippen LogP contribution in [0.4, 0.5) is 0 Å². The Morgan fingerprint density at radius 1 is 0.885 bits per heavy atom. The molecule has 0 heterocycles. The van der Waals surface area contributed by atoms with Gasteiger partial charge < -0.3 is 4.74 Å². The third-order valence-corrected chi connectivity index (χ3v) is 4.67. The van der Waals surface area contributed by atoms with E-state index < -0.39 is 0 Å². The second-order valence-electron chi connectivity index (χ2n) is 5.56. The van der Waals surface area contributed by atoms with Crippen molar-refractivity contribution in [2.24, 2.45) is 0 Å². The maximum absolute atomic E-state index is 12.0. The highest BCUT2D eigenvalue weighted by Crippen LogP contribution is 2.23. The van der Waals surface area contributed by atoms with E-state index in [1.807, 2.05) is 66.7 Å². The molecule has 3 aromatic rings. The molecular weight excluding hydrogens is 342 g/mol. The first-order chi connectivity index (χ1) is 12.8. The van der Waals surface area contributed by atoms with Crippen molar-refractivity contribution < 1.29 is 9.53 Å². The maximum atomic E-state index is 12.0. The fourth-order valence-electron chi connectivity index (χ4n) is 2.43. The second-order valence-corrected chi connectivity index (χ2v) is 6.63. The normalized spacial score (nSPS) is 10.1. The average molecular weight is 359 g/mol. The van der Waals surface area contributed by atoms with Crippen LogP contribution in [0.25, 0.3) is 11.1 Å². The molecule has 3 nitrogen and oxygen atoms in total. The largest absolute Gasteiger partial charge is 0.493 e. The molecule has 128 valence electrons. The summed E-state index contributed by atoms with van der Waals surface area (Å²) >= 11 is 1.26. The first-order valence-corrected chi connectivity index (χ1v) is 9.20. The SMILES string of the molecule is N#Cc1ccc(-c2ccc(OCCSC(=O)c3ccccc3)cc2)cc1. The number of ether oxygens (including phenoxy) is 1. The predicted octanol–water partition coefficient (Wildman–Crippen LogP) is 5.18. The van der Waals surface area contributed by atoms with Gasteiger partial charge in [-0.1, -0.05) is 66.4 Å². The maximum Gasteiger partial charge on any atom is 0.219 e. The number of hydrogen-bond acceptors (Lipinski definition) is 4. The number of benzene rings is 3. The van der Waals surface area contributed by atoms with E-state index in [9.17, 15) is 4.79 Å². The lowest BCUT2D eigenvalue weighted by molar-refractivity contribution is 0.108. The molecule has 0 aliphatic heterocycles. The number of hydrogen-bond donors (Lipinski definition) is 0. The summed E-state index contributed by atoms with van der Waals surface area (Å²) in [4.78, 5) is 12.0.